The summed E-state index contributed by atoms with van der Waals surface area (Å²) in [7, 11) is 0. The van der Waals surface area contributed by atoms with Gasteiger partial charge in [0.2, 0.25) is 0 Å². The van der Waals surface area contributed by atoms with Gasteiger partial charge in [0.15, 0.2) is 0 Å². The lowest BCUT2D eigenvalue weighted by molar-refractivity contribution is 0.102. The third kappa shape index (κ3) is 2.51. The molecule has 1 aromatic heterocycles. The molecule has 1 amide bonds. The largest absolute Gasteiger partial charge is 0.507 e. The molecule has 2 rings (SSSR count). The standard InChI is InChI=1S/C10H7Cl2N3O2/c11-5-1-7(12)9(8(16)2-5)10(17)15-6-3-13-14-4-6/h1-4,16H,(H,13,14)(H,15,17). The zero-order valence-corrected chi connectivity index (χ0v) is 9.88. The van der Waals surface area contributed by atoms with Gasteiger partial charge in [-0.3, -0.25) is 9.89 Å². The Morgan fingerprint density at radius 1 is 1.41 bits per heavy atom. The molecule has 0 aliphatic heterocycles. The quantitative estimate of drug-likeness (QED) is 0.786. The van der Waals surface area contributed by atoms with Gasteiger partial charge in [-0.05, 0) is 12.1 Å². The maximum Gasteiger partial charge on any atom is 0.261 e. The number of halogens is 2. The van der Waals surface area contributed by atoms with Crippen LogP contribution < -0.4 is 5.32 Å². The van der Waals surface area contributed by atoms with E-state index < -0.39 is 5.91 Å². The van der Waals surface area contributed by atoms with Crippen LogP contribution in [0.1, 0.15) is 10.4 Å². The number of amides is 1. The molecule has 1 heterocycles. The smallest absolute Gasteiger partial charge is 0.261 e. The van der Waals surface area contributed by atoms with E-state index >= 15 is 0 Å². The minimum Gasteiger partial charge on any atom is -0.507 e. The third-order valence-electron chi connectivity index (χ3n) is 2.02. The number of H-pyrrole nitrogens is 1. The van der Waals surface area contributed by atoms with Gasteiger partial charge in [-0.25, -0.2) is 0 Å². The lowest BCUT2D eigenvalue weighted by Gasteiger charge is -2.07. The number of nitrogens with one attached hydrogen (secondary N) is 2. The molecule has 0 saturated carbocycles. The highest BCUT2D eigenvalue weighted by Crippen LogP contribution is 2.30. The Bertz CT molecular complexity index is 532. The SMILES string of the molecule is O=C(Nc1cn[nH]c1)c1c(O)cc(Cl)cc1Cl. The number of anilines is 1. The van der Waals surface area contributed by atoms with Crippen molar-refractivity contribution in [1.29, 1.82) is 0 Å². The van der Waals surface area contributed by atoms with Crippen LogP contribution in [0.25, 0.3) is 0 Å². The molecule has 0 unspecified atom stereocenters. The number of carbonyl (C=O) groups excluding carboxylic acids is 1. The van der Waals surface area contributed by atoms with Gasteiger partial charge in [0, 0.05) is 11.2 Å². The van der Waals surface area contributed by atoms with Crippen LogP contribution in [-0.2, 0) is 0 Å². The molecular formula is C10H7Cl2N3O2. The zero-order valence-electron chi connectivity index (χ0n) is 8.37. The predicted octanol–water partition coefficient (Wildman–Crippen LogP) is 2.67. The molecule has 0 aliphatic rings. The van der Waals surface area contributed by atoms with Crippen LogP contribution in [0.4, 0.5) is 5.69 Å². The molecule has 0 aliphatic carbocycles. The van der Waals surface area contributed by atoms with Gasteiger partial charge in [-0.15, -0.1) is 0 Å². The molecule has 88 valence electrons. The molecule has 7 heteroatoms. The lowest BCUT2D eigenvalue weighted by Crippen LogP contribution is -2.12. The van der Waals surface area contributed by atoms with Crippen molar-refractivity contribution in [3.8, 4) is 5.75 Å². The Kier molecular flexibility index (Phi) is 3.21. The molecule has 0 fully saturated rings. The number of aromatic hydroxyl groups is 1. The molecule has 0 radical (unpaired) electrons. The van der Waals surface area contributed by atoms with Crippen molar-refractivity contribution in [3.05, 3.63) is 40.1 Å². The summed E-state index contributed by atoms with van der Waals surface area (Å²) in [5, 5.41) is 18.7. The fourth-order valence-electron chi connectivity index (χ4n) is 1.30. The summed E-state index contributed by atoms with van der Waals surface area (Å²) in [6, 6.07) is 2.63. The maximum absolute atomic E-state index is 11.8. The van der Waals surface area contributed by atoms with Gasteiger partial charge >= 0.3 is 0 Å². The van der Waals surface area contributed by atoms with E-state index in [1.807, 2.05) is 0 Å². The summed E-state index contributed by atoms with van der Waals surface area (Å²) in [6.45, 7) is 0. The minimum absolute atomic E-state index is 0.0303. The molecule has 0 saturated heterocycles. The number of nitrogens with zero attached hydrogens (tertiary/aromatic N) is 1. The molecule has 5 nitrogen and oxygen atoms in total. The first-order chi connectivity index (χ1) is 8.08. The van der Waals surface area contributed by atoms with Crippen LogP contribution in [0.2, 0.25) is 10.0 Å². The van der Waals surface area contributed by atoms with E-state index in [1.165, 1.54) is 24.5 Å². The lowest BCUT2D eigenvalue weighted by atomic mass is 10.2. The second-order valence-electron chi connectivity index (χ2n) is 3.22. The second kappa shape index (κ2) is 4.65. The van der Waals surface area contributed by atoms with Crippen molar-refractivity contribution in [2.45, 2.75) is 0 Å². The third-order valence-corrected chi connectivity index (χ3v) is 2.53. The average molecular weight is 272 g/mol. The van der Waals surface area contributed by atoms with Crippen LogP contribution in [0.3, 0.4) is 0 Å². The first-order valence-electron chi connectivity index (χ1n) is 4.56. The van der Waals surface area contributed by atoms with Crippen LogP contribution in [0.15, 0.2) is 24.5 Å². The monoisotopic (exact) mass is 271 g/mol. The highest BCUT2D eigenvalue weighted by atomic mass is 35.5. The molecule has 17 heavy (non-hydrogen) atoms. The van der Waals surface area contributed by atoms with Crippen molar-refractivity contribution in [3.63, 3.8) is 0 Å². The average Bonchev–Trinajstić information content (AvgIpc) is 2.68. The summed E-state index contributed by atoms with van der Waals surface area (Å²) < 4.78 is 0. The van der Waals surface area contributed by atoms with Crippen molar-refractivity contribution in [2.75, 3.05) is 5.32 Å². The number of hydrogen-bond donors (Lipinski definition) is 3. The van der Waals surface area contributed by atoms with E-state index in [1.54, 1.807) is 0 Å². The number of aromatic amines is 1. The Balaban J connectivity index is 2.31. The summed E-state index contributed by atoms with van der Waals surface area (Å²) in [5.74, 6) is -0.811. The van der Waals surface area contributed by atoms with Crippen molar-refractivity contribution >= 4 is 34.8 Å². The van der Waals surface area contributed by atoms with Crippen LogP contribution in [-0.4, -0.2) is 21.2 Å². The number of benzene rings is 1. The number of phenols is 1. The molecule has 0 atom stereocenters. The topological polar surface area (TPSA) is 78.0 Å². The summed E-state index contributed by atoms with van der Waals surface area (Å²) in [6.07, 6.45) is 2.93. The van der Waals surface area contributed by atoms with Crippen LogP contribution in [0, 0.1) is 0 Å². The van der Waals surface area contributed by atoms with Crippen molar-refractivity contribution in [2.24, 2.45) is 0 Å². The maximum atomic E-state index is 11.8. The van der Waals surface area contributed by atoms with E-state index in [0.717, 1.165) is 0 Å². The fourth-order valence-corrected chi connectivity index (χ4v) is 1.87. The fraction of sp³-hybridized carbons (Fsp3) is 0. The van der Waals surface area contributed by atoms with E-state index in [0.29, 0.717) is 5.69 Å². The Hall–Kier alpha value is -1.72. The first-order valence-corrected chi connectivity index (χ1v) is 5.31. The Morgan fingerprint density at radius 2 is 2.18 bits per heavy atom. The van der Waals surface area contributed by atoms with Crippen LogP contribution in [0.5, 0.6) is 5.75 Å². The summed E-state index contributed by atoms with van der Waals surface area (Å²) >= 11 is 11.5. The van der Waals surface area contributed by atoms with Gasteiger partial charge in [0.25, 0.3) is 5.91 Å². The molecule has 1 aromatic carbocycles. The normalized spacial score (nSPS) is 10.2. The van der Waals surface area contributed by atoms with Gasteiger partial charge in [0.05, 0.1) is 16.9 Å². The molecular weight excluding hydrogens is 265 g/mol. The zero-order chi connectivity index (χ0) is 12.4. The second-order valence-corrected chi connectivity index (χ2v) is 4.07. The highest BCUT2D eigenvalue weighted by molar-refractivity contribution is 6.37. The Labute approximate surface area is 106 Å². The van der Waals surface area contributed by atoms with E-state index in [2.05, 4.69) is 15.5 Å². The molecule has 2 aromatic rings. The first kappa shape index (κ1) is 11.8. The molecule has 3 N–H and O–H groups in total. The Morgan fingerprint density at radius 3 is 2.76 bits per heavy atom. The number of hydrogen-bond acceptors (Lipinski definition) is 3. The van der Waals surface area contributed by atoms with E-state index in [4.69, 9.17) is 23.2 Å². The number of aromatic nitrogens is 2. The van der Waals surface area contributed by atoms with Crippen molar-refractivity contribution in [1.82, 2.24) is 10.2 Å². The molecule has 0 bridgehead atoms. The number of phenolic OH excluding ortho intramolecular Hbond substituents is 1. The highest BCUT2D eigenvalue weighted by Gasteiger charge is 2.17. The molecule has 0 spiro atoms. The summed E-state index contributed by atoms with van der Waals surface area (Å²) in [5.41, 5.74) is 0.442. The van der Waals surface area contributed by atoms with Crippen molar-refractivity contribution < 1.29 is 9.90 Å². The van der Waals surface area contributed by atoms with Gasteiger partial charge < -0.3 is 10.4 Å². The van der Waals surface area contributed by atoms with Gasteiger partial charge in [0.1, 0.15) is 11.3 Å². The minimum atomic E-state index is -0.537. The predicted molar refractivity (Wildman–Crippen MR) is 64.7 cm³/mol. The van der Waals surface area contributed by atoms with E-state index in [9.17, 15) is 9.90 Å². The van der Waals surface area contributed by atoms with Crippen LogP contribution >= 0.6 is 23.2 Å². The van der Waals surface area contributed by atoms with E-state index in [-0.39, 0.29) is 21.4 Å². The van der Waals surface area contributed by atoms with Gasteiger partial charge in [-0.1, -0.05) is 23.2 Å². The summed E-state index contributed by atoms with van der Waals surface area (Å²) in [4.78, 5) is 11.8. The number of carbonyl (C=O) groups is 1. The number of rotatable bonds is 2. The van der Waals surface area contributed by atoms with Gasteiger partial charge in [-0.2, -0.15) is 5.10 Å².